The van der Waals surface area contributed by atoms with E-state index in [1.54, 1.807) is 12.4 Å². The lowest BCUT2D eigenvalue weighted by Crippen LogP contribution is -2.60. The summed E-state index contributed by atoms with van der Waals surface area (Å²) in [6.45, 7) is 2.28. The van der Waals surface area contributed by atoms with Crippen molar-refractivity contribution in [3.63, 3.8) is 0 Å². The Bertz CT molecular complexity index is 885. The first kappa shape index (κ1) is 20.4. The van der Waals surface area contributed by atoms with Crippen LogP contribution in [0.2, 0.25) is 0 Å². The maximum atomic E-state index is 13.6. The Morgan fingerprint density at radius 2 is 1.65 bits per heavy atom. The number of benzene rings is 1. The molecule has 1 aromatic carbocycles. The zero-order valence-corrected chi connectivity index (χ0v) is 18.1. The van der Waals surface area contributed by atoms with E-state index in [-0.39, 0.29) is 17.9 Å². The van der Waals surface area contributed by atoms with Gasteiger partial charge in [-0.2, -0.15) is 0 Å². The van der Waals surface area contributed by atoms with Gasteiger partial charge in [0.15, 0.2) is 0 Å². The predicted octanol–water partition coefficient (Wildman–Crippen LogP) is 3.37. The van der Waals surface area contributed by atoms with Crippen molar-refractivity contribution < 1.29 is 9.90 Å². The Labute approximate surface area is 184 Å². The smallest absolute Gasteiger partial charge is 0.226 e. The lowest BCUT2D eigenvalue weighted by molar-refractivity contribution is -0.159. The van der Waals surface area contributed by atoms with Crippen LogP contribution in [0.5, 0.6) is 0 Å². The molecule has 31 heavy (non-hydrogen) atoms. The largest absolute Gasteiger partial charge is 0.385 e. The van der Waals surface area contributed by atoms with Crippen molar-refractivity contribution in [3.8, 4) is 0 Å². The Balaban J connectivity index is 1.29. The van der Waals surface area contributed by atoms with Gasteiger partial charge in [-0.15, -0.1) is 0 Å². The van der Waals surface area contributed by atoms with Gasteiger partial charge < -0.3 is 14.9 Å². The van der Waals surface area contributed by atoms with Crippen LogP contribution in [0.3, 0.4) is 0 Å². The molecule has 1 aliphatic carbocycles. The predicted molar refractivity (Wildman–Crippen MR) is 119 cm³/mol. The summed E-state index contributed by atoms with van der Waals surface area (Å²) in [6, 6.07) is 12.1. The molecule has 2 aromatic rings. The summed E-state index contributed by atoms with van der Waals surface area (Å²) in [5.74, 6) is 1.23. The molecule has 3 heterocycles. The fourth-order valence-corrected chi connectivity index (χ4v) is 6.06. The maximum absolute atomic E-state index is 13.6. The minimum atomic E-state index is -0.822. The van der Waals surface area contributed by atoms with Gasteiger partial charge in [0.1, 0.15) is 0 Å². The van der Waals surface area contributed by atoms with E-state index in [0.717, 1.165) is 63.1 Å². The van der Waals surface area contributed by atoms with E-state index >= 15 is 0 Å². The summed E-state index contributed by atoms with van der Waals surface area (Å²) in [4.78, 5) is 26.6. The molecule has 0 unspecified atom stereocenters. The molecule has 1 aromatic heterocycles. The van der Waals surface area contributed by atoms with Crippen molar-refractivity contribution in [3.05, 3.63) is 54.4 Å². The average molecular weight is 421 g/mol. The topological polar surface area (TPSA) is 69.6 Å². The SMILES string of the molecule is O=C(C1CCN(c2ncccn2)CC1)N1CC[C@](O)(c2ccccc2)[C@H]2CCCC[C@H]21. The van der Waals surface area contributed by atoms with Crippen molar-refractivity contribution >= 4 is 11.9 Å². The number of carbonyl (C=O) groups is 1. The molecule has 1 saturated carbocycles. The van der Waals surface area contributed by atoms with Gasteiger partial charge in [-0.3, -0.25) is 4.79 Å². The number of hydrogen-bond acceptors (Lipinski definition) is 5. The van der Waals surface area contributed by atoms with Crippen molar-refractivity contribution in [2.24, 2.45) is 11.8 Å². The highest BCUT2D eigenvalue weighted by atomic mass is 16.3. The van der Waals surface area contributed by atoms with E-state index in [9.17, 15) is 9.90 Å². The first-order chi connectivity index (χ1) is 15.2. The summed E-state index contributed by atoms with van der Waals surface area (Å²) < 4.78 is 0. The van der Waals surface area contributed by atoms with Gasteiger partial charge in [0, 0.05) is 49.9 Å². The van der Waals surface area contributed by atoms with E-state index in [4.69, 9.17) is 0 Å². The van der Waals surface area contributed by atoms with E-state index in [0.29, 0.717) is 18.9 Å². The molecular weight excluding hydrogens is 388 g/mol. The molecule has 6 heteroatoms. The molecule has 2 aliphatic heterocycles. The van der Waals surface area contributed by atoms with Crippen molar-refractivity contribution in [2.45, 2.75) is 56.6 Å². The van der Waals surface area contributed by atoms with E-state index in [2.05, 4.69) is 19.8 Å². The Kier molecular flexibility index (Phi) is 5.65. The first-order valence-corrected chi connectivity index (χ1v) is 11.8. The summed E-state index contributed by atoms with van der Waals surface area (Å²) in [6.07, 6.45) is 10.1. The number of hydrogen-bond donors (Lipinski definition) is 1. The number of aromatic nitrogens is 2. The van der Waals surface area contributed by atoms with Crippen LogP contribution in [0.25, 0.3) is 0 Å². The quantitative estimate of drug-likeness (QED) is 0.824. The zero-order chi connectivity index (χ0) is 21.3. The fraction of sp³-hybridized carbons (Fsp3) is 0.560. The number of amides is 1. The van der Waals surface area contributed by atoms with Gasteiger partial charge in [-0.1, -0.05) is 43.2 Å². The van der Waals surface area contributed by atoms with E-state index in [1.165, 1.54) is 0 Å². The summed E-state index contributed by atoms with van der Waals surface area (Å²) in [5.41, 5.74) is 0.187. The lowest BCUT2D eigenvalue weighted by atomic mass is 9.66. The highest BCUT2D eigenvalue weighted by Crippen LogP contribution is 2.47. The second kappa shape index (κ2) is 8.58. The van der Waals surface area contributed by atoms with Crippen LogP contribution in [0.1, 0.15) is 50.5 Å². The van der Waals surface area contributed by atoms with Gasteiger partial charge >= 0.3 is 0 Å². The zero-order valence-electron chi connectivity index (χ0n) is 18.1. The molecule has 3 atom stereocenters. The molecule has 0 bridgehead atoms. The van der Waals surface area contributed by atoms with Gasteiger partial charge in [0.2, 0.25) is 11.9 Å². The number of anilines is 1. The van der Waals surface area contributed by atoms with Crippen LogP contribution < -0.4 is 4.90 Å². The first-order valence-electron chi connectivity index (χ1n) is 11.8. The Morgan fingerprint density at radius 3 is 2.39 bits per heavy atom. The molecule has 2 saturated heterocycles. The molecule has 3 fully saturated rings. The van der Waals surface area contributed by atoms with Crippen LogP contribution in [0.15, 0.2) is 48.8 Å². The molecular formula is C25H32N4O2. The highest BCUT2D eigenvalue weighted by Gasteiger charge is 2.50. The van der Waals surface area contributed by atoms with Crippen LogP contribution >= 0.6 is 0 Å². The minimum absolute atomic E-state index is 0.0606. The second-order valence-corrected chi connectivity index (χ2v) is 9.34. The number of piperidine rings is 2. The molecule has 164 valence electrons. The number of fused-ring (bicyclic) bond motifs is 1. The minimum Gasteiger partial charge on any atom is -0.385 e. The van der Waals surface area contributed by atoms with Crippen LogP contribution in [-0.4, -0.2) is 51.6 Å². The standard InChI is InChI=1S/C25H32N4O2/c30-23(19-11-16-28(17-12-19)24-26-14-6-15-27-24)29-18-13-25(31,20-7-2-1-3-8-20)21-9-4-5-10-22(21)29/h1-3,6-8,14-15,19,21-22,31H,4-5,9-13,16-18H2/t21-,22+,25-/m0/s1. The maximum Gasteiger partial charge on any atom is 0.226 e. The van der Waals surface area contributed by atoms with Crippen molar-refractivity contribution in [1.29, 1.82) is 0 Å². The fourth-order valence-electron chi connectivity index (χ4n) is 6.06. The normalized spacial score (nSPS) is 29.5. The number of aliphatic hydroxyl groups is 1. The van der Waals surface area contributed by atoms with Gasteiger partial charge in [-0.05, 0) is 43.7 Å². The summed E-state index contributed by atoms with van der Waals surface area (Å²) >= 11 is 0. The monoisotopic (exact) mass is 420 g/mol. The number of nitrogens with zero attached hydrogens (tertiary/aromatic N) is 4. The number of rotatable bonds is 3. The number of carbonyl (C=O) groups excluding carboxylic acids is 1. The molecule has 3 aliphatic rings. The molecule has 0 spiro atoms. The molecule has 0 radical (unpaired) electrons. The second-order valence-electron chi connectivity index (χ2n) is 9.34. The highest BCUT2D eigenvalue weighted by molar-refractivity contribution is 5.79. The molecule has 5 rings (SSSR count). The third-order valence-corrected chi connectivity index (χ3v) is 7.71. The third kappa shape index (κ3) is 3.82. The summed E-state index contributed by atoms with van der Waals surface area (Å²) in [7, 11) is 0. The van der Waals surface area contributed by atoms with Gasteiger partial charge in [-0.25, -0.2) is 9.97 Å². The third-order valence-electron chi connectivity index (χ3n) is 7.71. The Morgan fingerprint density at radius 1 is 0.935 bits per heavy atom. The Hall–Kier alpha value is -2.47. The molecule has 6 nitrogen and oxygen atoms in total. The van der Waals surface area contributed by atoms with Gasteiger partial charge in [0.05, 0.1) is 5.60 Å². The summed E-state index contributed by atoms with van der Waals surface area (Å²) in [5, 5.41) is 11.7. The average Bonchev–Trinajstić information content (AvgIpc) is 2.85. The van der Waals surface area contributed by atoms with Crippen LogP contribution in [-0.2, 0) is 10.4 Å². The lowest BCUT2D eigenvalue weighted by Gasteiger charge is -2.53. The van der Waals surface area contributed by atoms with E-state index < -0.39 is 5.60 Å². The van der Waals surface area contributed by atoms with Crippen molar-refractivity contribution in [1.82, 2.24) is 14.9 Å². The number of likely N-dealkylation sites (tertiary alicyclic amines) is 1. The van der Waals surface area contributed by atoms with Crippen molar-refractivity contribution in [2.75, 3.05) is 24.5 Å². The van der Waals surface area contributed by atoms with E-state index in [1.807, 2.05) is 36.4 Å². The van der Waals surface area contributed by atoms with Crippen LogP contribution in [0, 0.1) is 11.8 Å². The van der Waals surface area contributed by atoms with Crippen LogP contribution in [0.4, 0.5) is 5.95 Å². The molecule has 1 amide bonds. The van der Waals surface area contributed by atoms with Gasteiger partial charge in [0.25, 0.3) is 0 Å². The molecule has 1 N–H and O–H groups in total.